The van der Waals surface area contributed by atoms with Gasteiger partial charge in [0.2, 0.25) is 11.9 Å². The molecule has 1 amide bonds. The first-order chi connectivity index (χ1) is 17.6. The molecule has 2 aliphatic rings. The molecule has 0 radical (unpaired) electrons. The number of aromatic nitrogens is 2. The standard InChI is InChI=1S/C27H39N5O4/c1-21(33)32-14-8-24(9-15-32)35-17-10-22-19-28-27(29-20-22)30-23-6-7-25(34-2)26(18-23)36-16-5-13-31-11-3-4-12-31/h6-7,18-20,24H,3-5,8-17H2,1-2H3,(H,28,29,30). The van der Waals surface area contributed by atoms with Crippen LogP contribution in [0.1, 0.15) is 44.6 Å². The molecule has 0 spiro atoms. The van der Waals surface area contributed by atoms with Crippen LogP contribution in [0, 0.1) is 0 Å². The van der Waals surface area contributed by atoms with E-state index < -0.39 is 0 Å². The van der Waals surface area contributed by atoms with Gasteiger partial charge < -0.3 is 29.3 Å². The zero-order valence-corrected chi connectivity index (χ0v) is 21.6. The van der Waals surface area contributed by atoms with Gasteiger partial charge >= 0.3 is 0 Å². The summed E-state index contributed by atoms with van der Waals surface area (Å²) in [6.45, 7) is 7.94. The van der Waals surface area contributed by atoms with Gasteiger partial charge in [0.1, 0.15) is 0 Å². The number of amides is 1. The molecule has 9 heteroatoms. The number of hydrogen-bond donors (Lipinski definition) is 1. The second-order valence-electron chi connectivity index (χ2n) is 9.48. The molecular weight excluding hydrogens is 458 g/mol. The topological polar surface area (TPSA) is 89.0 Å². The molecule has 0 bridgehead atoms. The highest BCUT2D eigenvalue weighted by Gasteiger charge is 2.21. The fourth-order valence-corrected chi connectivity index (χ4v) is 4.70. The molecule has 2 aromatic rings. The van der Waals surface area contributed by atoms with Gasteiger partial charge in [0.25, 0.3) is 0 Å². The maximum atomic E-state index is 11.4. The number of ether oxygens (including phenoxy) is 3. The summed E-state index contributed by atoms with van der Waals surface area (Å²) in [6.07, 6.45) is 10.0. The molecule has 2 aliphatic heterocycles. The number of nitrogens with zero attached hydrogens (tertiary/aromatic N) is 4. The zero-order chi connectivity index (χ0) is 25.2. The van der Waals surface area contributed by atoms with E-state index in [4.69, 9.17) is 14.2 Å². The second-order valence-corrected chi connectivity index (χ2v) is 9.48. The predicted octanol–water partition coefficient (Wildman–Crippen LogP) is 3.66. The van der Waals surface area contributed by atoms with Crippen LogP contribution < -0.4 is 14.8 Å². The van der Waals surface area contributed by atoms with Crippen molar-refractivity contribution in [1.82, 2.24) is 19.8 Å². The third-order valence-electron chi connectivity index (χ3n) is 6.83. The molecule has 196 valence electrons. The highest BCUT2D eigenvalue weighted by Crippen LogP contribution is 2.31. The SMILES string of the molecule is COc1ccc(Nc2ncc(CCOC3CCN(C(C)=O)CC3)cn2)cc1OCCCN1CCCC1. The average Bonchev–Trinajstić information content (AvgIpc) is 3.42. The Morgan fingerprint density at radius 1 is 1.06 bits per heavy atom. The van der Waals surface area contributed by atoms with Crippen molar-refractivity contribution in [3.63, 3.8) is 0 Å². The maximum Gasteiger partial charge on any atom is 0.227 e. The van der Waals surface area contributed by atoms with Crippen LogP contribution in [0.4, 0.5) is 11.6 Å². The Bertz CT molecular complexity index is 957. The van der Waals surface area contributed by atoms with Crippen molar-refractivity contribution in [1.29, 1.82) is 0 Å². The van der Waals surface area contributed by atoms with Crippen LogP contribution in [0.15, 0.2) is 30.6 Å². The van der Waals surface area contributed by atoms with Gasteiger partial charge in [-0.1, -0.05) is 0 Å². The lowest BCUT2D eigenvalue weighted by atomic mass is 10.1. The number of carbonyl (C=O) groups excluding carboxylic acids is 1. The Kier molecular flexibility index (Phi) is 9.75. The summed E-state index contributed by atoms with van der Waals surface area (Å²) in [5.41, 5.74) is 1.87. The minimum absolute atomic E-state index is 0.144. The number of benzene rings is 1. The van der Waals surface area contributed by atoms with E-state index in [0.29, 0.717) is 30.7 Å². The Morgan fingerprint density at radius 3 is 2.50 bits per heavy atom. The first-order valence-electron chi connectivity index (χ1n) is 13.1. The number of rotatable bonds is 12. The quantitative estimate of drug-likeness (QED) is 0.445. The minimum Gasteiger partial charge on any atom is -0.493 e. The molecule has 1 aromatic heterocycles. The summed E-state index contributed by atoms with van der Waals surface area (Å²) in [6, 6.07) is 5.75. The smallest absolute Gasteiger partial charge is 0.227 e. The van der Waals surface area contributed by atoms with Gasteiger partial charge in [0.15, 0.2) is 11.5 Å². The molecular formula is C27H39N5O4. The van der Waals surface area contributed by atoms with E-state index in [-0.39, 0.29) is 12.0 Å². The molecule has 0 unspecified atom stereocenters. The van der Waals surface area contributed by atoms with Gasteiger partial charge in [-0.05, 0) is 69.3 Å². The lowest BCUT2D eigenvalue weighted by Crippen LogP contribution is -2.39. The maximum absolute atomic E-state index is 11.4. The monoisotopic (exact) mass is 497 g/mol. The van der Waals surface area contributed by atoms with E-state index in [1.807, 2.05) is 35.5 Å². The second kappa shape index (κ2) is 13.4. The first-order valence-corrected chi connectivity index (χ1v) is 13.1. The van der Waals surface area contributed by atoms with Gasteiger partial charge in [-0.2, -0.15) is 0 Å². The van der Waals surface area contributed by atoms with Crippen molar-refractivity contribution in [3.05, 3.63) is 36.2 Å². The highest BCUT2D eigenvalue weighted by molar-refractivity contribution is 5.73. The van der Waals surface area contributed by atoms with E-state index >= 15 is 0 Å². The van der Waals surface area contributed by atoms with Crippen LogP contribution in [-0.4, -0.2) is 84.8 Å². The van der Waals surface area contributed by atoms with Crippen LogP contribution in [0.25, 0.3) is 0 Å². The minimum atomic E-state index is 0.144. The number of anilines is 2. The van der Waals surface area contributed by atoms with Crippen molar-refractivity contribution in [3.8, 4) is 11.5 Å². The Morgan fingerprint density at radius 2 is 1.81 bits per heavy atom. The molecule has 2 fully saturated rings. The number of hydrogen-bond acceptors (Lipinski definition) is 8. The molecule has 0 atom stereocenters. The molecule has 2 saturated heterocycles. The van der Waals surface area contributed by atoms with Gasteiger partial charge in [0.05, 0.1) is 26.4 Å². The van der Waals surface area contributed by atoms with Crippen LogP contribution in [-0.2, 0) is 16.0 Å². The summed E-state index contributed by atoms with van der Waals surface area (Å²) < 4.78 is 17.5. The normalized spacial score (nSPS) is 16.8. The molecule has 4 rings (SSSR count). The van der Waals surface area contributed by atoms with Crippen molar-refractivity contribution < 1.29 is 19.0 Å². The van der Waals surface area contributed by atoms with Gasteiger partial charge in [-0.25, -0.2) is 9.97 Å². The fourth-order valence-electron chi connectivity index (χ4n) is 4.70. The molecule has 1 aromatic carbocycles. The van der Waals surface area contributed by atoms with Crippen LogP contribution in [0.3, 0.4) is 0 Å². The largest absolute Gasteiger partial charge is 0.493 e. The van der Waals surface area contributed by atoms with Crippen molar-refractivity contribution >= 4 is 17.5 Å². The van der Waals surface area contributed by atoms with Gasteiger partial charge in [-0.15, -0.1) is 0 Å². The van der Waals surface area contributed by atoms with E-state index in [2.05, 4.69) is 20.2 Å². The molecule has 0 saturated carbocycles. The summed E-state index contributed by atoms with van der Waals surface area (Å²) in [7, 11) is 1.65. The molecule has 9 nitrogen and oxygen atoms in total. The van der Waals surface area contributed by atoms with Crippen molar-refractivity contribution in [2.45, 2.75) is 51.6 Å². The van der Waals surface area contributed by atoms with Gasteiger partial charge in [-0.3, -0.25) is 4.79 Å². The zero-order valence-electron chi connectivity index (χ0n) is 21.6. The first kappa shape index (κ1) is 26.2. The van der Waals surface area contributed by atoms with Crippen LogP contribution >= 0.6 is 0 Å². The number of nitrogens with one attached hydrogen (secondary N) is 1. The number of methoxy groups -OCH3 is 1. The van der Waals surface area contributed by atoms with Crippen LogP contribution in [0.5, 0.6) is 11.5 Å². The van der Waals surface area contributed by atoms with Crippen molar-refractivity contribution in [2.24, 2.45) is 0 Å². The predicted molar refractivity (Wildman–Crippen MR) is 139 cm³/mol. The lowest BCUT2D eigenvalue weighted by Gasteiger charge is -2.31. The van der Waals surface area contributed by atoms with Crippen molar-refractivity contribution in [2.75, 3.05) is 58.4 Å². The number of carbonyl (C=O) groups is 1. The number of likely N-dealkylation sites (tertiary alicyclic amines) is 2. The third kappa shape index (κ3) is 7.80. The molecule has 36 heavy (non-hydrogen) atoms. The van der Waals surface area contributed by atoms with E-state index in [0.717, 1.165) is 56.6 Å². The summed E-state index contributed by atoms with van der Waals surface area (Å²) in [5, 5.41) is 3.25. The lowest BCUT2D eigenvalue weighted by molar-refractivity contribution is -0.131. The highest BCUT2D eigenvalue weighted by atomic mass is 16.5. The average molecular weight is 498 g/mol. The van der Waals surface area contributed by atoms with Gasteiger partial charge in [0, 0.05) is 50.7 Å². The van der Waals surface area contributed by atoms with E-state index in [1.165, 1.54) is 25.9 Å². The summed E-state index contributed by atoms with van der Waals surface area (Å²) >= 11 is 0. The summed E-state index contributed by atoms with van der Waals surface area (Å²) in [4.78, 5) is 24.7. The van der Waals surface area contributed by atoms with Crippen LogP contribution in [0.2, 0.25) is 0 Å². The Hall–Kier alpha value is -2.91. The number of piperidine rings is 1. The molecule has 3 heterocycles. The Balaban J connectivity index is 1.21. The van der Waals surface area contributed by atoms with E-state index in [1.54, 1.807) is 14.0 Å². The third-order valence-corrected chi connectivity index (χ3v) is 6.83. The fraction of sp³-hybridized carbons (Fsp3) is 0.593. The summed E-state index contributed by atoms with van der Waals surface area (Å²) in [5.74, 6) is 2.10. The molecule has 1 N–H and O–H groups in total. The molecule has 0 aliphatic carbocycles. The Labute approximate surface area is 214 Å². The van der Waals surface area contributed by atoms with E-state index in [9.17, 15) is 4.79 Å².